The van der Waals surface area contributed by atoms with Gasteiger partial charge in [0.2, 0.25) is 0 Å². The van der Waals surface area contributed by atoms with Gasteiger partial charge in [-0.2, -0.15) is 0 Å². The van der Waals surface area contributed by atoms with Crippen LogP contribution in [-0.2, 0) is 25.8 Å². The molecule has 1 rings (SSSR count). The second kappa shape index (κ2) is 3.67. The van der Waals surface area contributed by atoms with Gasteiger partial charge in [-0.15, -0.1) is 0 Å². The molecule has 0 fully saturated rings. The molecule has 52 valence electrons. The van der Waals surface area contributed by atoms with Crippen molar-refractivity contribution in [1.82, 2.24) is 0 Å². The van der Waals surface area contributed by atoms with Crippen LogP contribution < -0.4 is 5.73 Å². The maximum absolute atomic E-state index is 5.70. The monoisotopic (exact) mass is 303 g/mol. The molecule has 2 heteroatoms. The molecule has 0 radical (unpaired) electrons. The summed E-state index contributed by atoms with van der Waals surface area (Å²) in [7, 11) is 0. The number of hydrogen-bond donors (Lipinski definition) is 1. The van der Waals surface area contributed by atoms with Crippen molar-refractivity contribution in [3.8, 4) is 0 Å². The van der Waals surface area contributed by atoms with Crippen LogP contribution in [0.15, 0.2) is 24.3 Å². The third-order valence-electron chi connectivity index (χ3n) is 1.36. The van der Waals surface area contributed by atoms with Crippen molar-refractivity contribution in [2.24, 2.45) is 0 Å². The van der Waals surface area contributed by atoms with E-state index in [4.69, 9.17) is 5.73 Å². The third-order valence-corrected chi connectivity index (χ3v) is 1.96. The molecule has 0 spiro atoms. The molecule has 0 aliphatic heterocycles. The molecule has 1 aromatic carbocycles. The van der Waals surface area contributed by atoms with Gasteiger partial charge in [-0.3, -0.25) is 0 Å². The molecule has 0 saturated carbocycles. The van der Waals surface area contributed by atoms with Crippen molar-refractivity contribution >= 4 is 10.1 Å². The Kier molecular flexibility index (Phi) is 2.82. The molecule has 0 amide bonds. The molecule has 0 bridgehead atoms. The Morgan fingerprint density at radius 1 is 1.40 bits per heavy atom. The van der Waals surface area contributed by atoms with E-state index in [1.807, 2.05) is 18.2 Å². The molecule has 2 N–H and O–H groups in total. The Hall–Kier alpha value is -0.422. The number of para-hydroxylation sites is 1. The van der Waals surface area contributed by atoms with E-state index in [2.05, 4.69) is 10.5 Å². The quantitative estimate of drug-likeness (QED) is 0.815. The molecular formula is C8H9NW. The summed E-state index contributed by atoms with van der Waals surface area (Å²) < 4.78 is 2.19. The molecule has 0 aliphatic carbocycles. The van der Waals surface area contributed by atoms with Crippen LogP contribution in [0.1, 0.15) is 5.56 Å². The minimum absolute atomic E-state index is 0.903. The fourth-order valence-electron chi connectivity index (χ4n) is 0.810. The Labute approximate surface area is 71.7 Å². The van der Waals surface area contributed by atoms with Crippen LogP contribution in [0.25, 0.3) is 0 Å². The zero-order valence-corrected chi connectivity index (χ0v) is 8.51. The third kappa shape index (κ3) is 1.78. The van der Waals surface area contributed by atoms with E-state index >= 15 is 0 Å². The molecular weight excluding hydrogens is 294 g/mol. The summed E-state index contributed by atoms with van der Waals surface area (Å²) in [6.45, 7) is 0. The Morgan fingerprint density at radius 3 is 2.70 bits per heavy atom. The fraction of sp³-hybridized carbons (Fsp3) is 0.125. The van der Waals surface area contributed by atoms with E-state index in [0.717, 1.165) is 12.1 Å². The van der Waals surface area contributed by atoms with E-state index in [9.17, 15) is 0 Å². The van der Waals surface area contributed by atoms with E-state index in [1.165, 1.54) is 24.9 Å². The molecule has 1 nitrogen and oxygen atoms in total. The molecule has 1 aromatic rings. The molecule has 10 heavy (non-hydrogen) atoms. The number of nitrogen functional groups attached to an aromatic ring is 1. The first-order valence-corrected chi connectivity index (χ1v) is 4.81. The first-order valence-electron chi connectivity index (χ1n) is 3.11. The molecule has 0 unspecified atom stereocenters. The predicted octanol–water partition coefficient (Wildman–Crippen LogP) is 1.16. The van der Waals surface area contributed by atoms with E-state index in [1.54, 1.807) is 0 Å². The van der Waals surface area contributed by atoms with Gasteiger partial charge in [-0.1, -0.05) is 0 Å². The second-order valence-corrected chi connectivity index (χ2v) is 3.27. The van der Waals surface area contributed by atoms with E-state index < -0.39 is 0 Å². The SMILES string of the molecule is Nc1ccccc1C[CH]=[W]. The number of anilines is 1. The van der Waals surface area contributed by atoms with Gasteiger partial charge in [0.25, 0.3) is 0 Å². The summed E-state index contributed by atoms with van der Waals surface area (Å²) in [5, 5.41) is 0. The van der Waals surface area contributed by atoms with Crippen LogP contribution in [0, 0.1) is 0 Å². The van der Waals surface area contributed by atoms with Crippen LogP contribution in [0.2, 0.25) is 0 Å². The van der Waals surface area contributed by atoms with Gasteiger partial charge in [0, 0.05) is 0 Å². The Balaban J connectivity index is 2.91. The van der Waals surface area contributed by atoms with E-state index in [0.29, 0.717) is 0 Å². The Bertz CT molecular complexity index is 232. The van der Waals surface area contributed by atoms with Gasteiger partial charge < -0.3 is 0 Å². The second-order valence-electron chi connectivity index (χ2n) is 2.07. The number of hydrogen-bond acceptors (Lipinski definition) is 1. The van der Waals surface area contributed by atoms with Gasteiger partial charge in [0.05, 0.1) is 0 Å². The van der Waals surface area contributed by atoms with Gasteiger partial charge >= 0.3 is 71.4 Å². The van der Waals surface area contributed by atoms with Crippen molar-refractivity contribution in [2.75, 3.05) is 5.73 Å². The van der Waals surface area contributed by atoms with Crippen LogP contribution in [0.3, 0.4) is 0 Å². The maximum atomic E-state index is 5.70. The van der Waals surface area contributed by atoms with Crippen molar-refractivity contribution in [3.63, 3.8) is 0 Å². The van der Waals surface area contributed by atoms with Crippen LogP contribution in [0.4, 0.5) is 5.69 Å². The summed E-state index contributed by atoms with van der Waals surface area (Å²) in [4.78, 5) is 0. The van der Waals surface area contributed by atoms with Crippen LogP contribution in [0.5, 0.6) is 0 Å². The van der Waals surface area contributed by atoms with Gasteiger partial charge in [0.15, 0.2) is 0 Å². The first kappa shape index (κ1) is 7.68. The minimum atomic E-state index is 0.903. The van der Waals surface area contributed by atoms with Crippen LogP contribution >= 0.6 is 0 Å². The summed E-state index contributed by atoms with van der Waals surface area (Å²) in [6.07, 6.45) is 1.00. The number of benzene rings is 1. The van der Waals surface area contributed by atoms with Gasteiger partial charge in [-0.25, -0.2) is 0 Å². The molecule has 0 aliphatic rings. The predicted molar refractivity (Wildman–Crippen MR) is 40.6 cm³/mol. The average molecular weight is 303 g/mol. The number of rotatable bonds is 2. The molecule has 0 atom stereocenters. The standard InChI is InChI=1S/C8H9N.W/c1-2-7-5-3-4-6-8(7)9;/h1,3-6H,2,9H2;. The molecule has 0 heterocycles. The molecule has 0 aromatic heterocycles. The first-order chi connectivity index (χ1) is 4.84. The zero-order valence-electron chi connectivity index (χ0n) is 5.58. The summed E-state index contributed by atoms with van der Waals surface area (Å²) in [5.74, 6) is 0. The van der Waals surface area contributed by atoms with Crippen molar-refractivity contribution in [3.05, 3.63) is 29.8 Å². The van der Waals surface area contributed by atoms with Gasteiger partial charge in [-0.05, 0) is 0 Å². The Morgan fingerprint density at radius 2 is 2.10 bits per heavy atom. The molecule has 0 saturated heterocycles. The summed E-state index contributed by atoms with van der Waals surface area (Å²) in [5.41, 5.74) is 7.83. The zero-order chi connectivity index (χ0) is 7.40. The summed E-state index contributed by atoms with van der Waals surface area (Å²) in [6, 6.07) is 7.98. The average Bonchev–Trinajstić information content (AvgIpc) is 1.94. The van der Waals surface area contributed by atoms with Gasteiger partial charge in [0.1, 0.15) is 0 Å². The van der Waals surface area contributed by atoms with Crippen molar-refractivity contribution < 1.29 is 19.4 Å². The van der Waals surface area contributed by atoms with Crippen molar-refractivity contribution in [1.29, 1.82) is 0 Å². The topological polar surface area (TPSA) is 26.0 Å². The summed E-state index contributed by atoms with van der Waals surface area (Å²) >= 11 is 1.50. The van der Waals surface area contributed by atoms with E-state index in [-0.39, 0.29) is 0 Å². The number of nitrogens with two attached hydrogens (primary N) is 1. The fourth-order valence-corrected chi connectivity index (χ4v) is 1.45. The van der Waals surface area contributed by atoms with Crippen LogP contribution in [-0.4, -0.2) is 4.40 Å². The van der Waals surface area contributed by atoms with Crippen molar-refractivity contribution in [2.45, 2.75) is 6.42 Å². The normalized spacial score (nSPS) is 9.20.